The number of ether oxygens (including phenoxy) is 1. The molecule has 0 fully saturated rings. The van der Waals surface area contributed by atoms with Crippen molar-refractivity contribution in [3.8, 4) is 5.75 Å². The summed E-state index contributed by atoms with van der Waals surface area (Å²) in [6.45, 7) is 1.49. The summed E-state index contributed by atoms with van der Waals surface area (Å²) in [5, 5.41) is 13.1. The molecular weight excluding hydrogens is 327 g/mol. The van der Waals surface area contributed by atoms with E-state index >= 15 is 0 Å². The Bertz CT molecular complexity index is 754. The van der Waals surface area contributed by atoms with Crippen molar-refractivity contribution < 1.29 is 18.8 Å². The van der Waals surface area contributed by atoms with Crippen molar-refractivity contribution >= 4 is 28.9 Å². The third kappa shape index (κ3) is 4.40. The van der Waals surface area contributed by atoms with Crippen molar-refractivity contribution in [1.82, 2.24) is 0 Å². The third-order valence-corrected chi connectivity index (χ3v) is 3.19. The quantitative estimate of drug-likeness (QED) is 0.664. The average molecular weight is 339 g/mol. The molecule has 0 heterocycles. The molecule has 1 amide bonds. The summed E-state index contributed by atoms with van der Waals surface area (Å²) >= 11 is 5.63. The van der Waals surface area contributed by atoms with Gasteiger partial charge in [0, 0.05) is 11.8 Å². The lowest BCUT2D eigenvalue weighted by Crippen LogP contribution is -2.30. The Morgan fingerprint density at radius 1 is 1.35 bits per heavy atom. The largest absolute Gasteiger partial charge is 0.481 e. The highest BCUT2D eigenvalue weighted by atomic mass is 35.5. The normalized spacial score (nSPS) is 11.6. The highest BCUT2D eigenvalue weighted by molar-refractivity contribution is 6.31. The number of halogens is 2. The maximum absolute atomic E-state index is 13.1. The molecule has 0 unspecified atom stereocenters. The van der Waals surface area contributed by atoms with E-state index in [0.29, 0.717) is 5.69 Å². The van der Waals surface area contributed by atoms with Crippen molar-refractivity contribution in [2.24, 2.45) is 0 Å². The fraction of sp³-hybridized carbons (Fsp3) is 0.133. The van der Waals surface area contributed by atoms with Gasteiger partial charge in [-0.2, -0.15) is 0 Å². The van der Waals surface area contributed by atoms with Crippen LogP contribution in [0.25, 0.3) is 0 Å². The van der Waals surface area contributed by atoms with E-state index in [9.17, 15) is 19.3 Å². The summed E-state index contributed by atoms with van der Waals surface area (Å²) in [6.07, 6.45) is -0.916. The Kier molecular flexibility index (Phi) is 5.13. The lowest BCUT2D eigenvalue weighted by atomic mass is 10.2. The number of nitro benzene ring substituents is 1. The van der Waals surface area contributed by atoms with E-state index in [0.717, 1.165) is 6.07 Å². The molecule has 6 nitrogen and oxygen atoms in total. The maximum atomic E-state index is 13.1. The van der Waals surface area contributed by atoms with Crippen LogP contribution in [-0.2, 0) is 4.79 Å². The van der Waals surface area contributed by atoms with Crippen molar-refractivity contribution in [2.75, 3.05) is 5.32 Å². The van der Waals surface area contributed by atoms with Gasteiger partial charge in [0.25, 0.3) is 11.6 Å². The molecule has 1 atom stereocenters. The van der Waals surface area contributed by atoms with Crippen molar-refractivity contribution in [3.05, 3.63) is 63.4 Å². The Morgan fingerprint density at radius 2 is 2.09 bits per heavy atom. The highest BCUT2D eigenvalue weighted by Crippen LogP contribution is 2.22. The fourth-order valence-corrected chi connectivity index (χ4v) is 1.93. The van der Waals surface area contributed by atoms with E-state index in [-0.39, 0.29) is 16.5 Å². The highest BCUT2D eigenvalue weighted by Gasteiger charge is 2.17. The Morgan fingerprint density at radius 3 is 2.74 bits per heavy atom. The molecule has 0 radical (unpaired) electrons. The summed E-state index contributed by atoms with van der Waals surface area (Å²) in [5.41, 5.74) is 0.177. The van der Waals surface area contributed by atoms with Gasteiger partial charge in [0.2, 0.25) is 0 Å². The summed E-state index contributed by atoms with van der Waals surface area (Å²) in [4.78, 5) is 22.2. The van der Waals surface area contributed by atoms with Crippen LogP contribution in [0.5, 0.6) is 5.75 Å². The van der Waals surface area contributed by atoms with E-state index < -0.39 is 22.8 Å². The van der Waals surface area contributed by atoms with E-state index in [2.05, 4.69) is 5.32 Å². The second-order valence-electron chi connectivity index (χ2n) is 4.63. The predicted octanol–water partition coefficient (Wildman–Crippen LogP) is 3.79. The molecule has 0 aliphatic rings. The number of carbonyl (C=O) groups is 1. The van der Waals surface area contributed by atoms with E-state index in [4.69, 9.17) is 16.3 Å². The van der Waals surface area contributed by atoms with E-state index in [1.54, 1.807) is 0 Å². The van der Waals surface area contributed by atoms with Crippen LogP contribution in [0, 0.1) is 15.9 Å². The molecule has 0 aliphatic heterocycles. The van der Waals surface area contributed by atoms with Crippen LogP contribution < -0.4 is 10.1 Å². The number of nitro groups is 1. The van der Waals surface area contributed by atoms with Gasteiger partial charge in [-0.15, -0.1) is 0 Å². The maximum Gasteiger partial charge on any atom is 0.273 e. The van der Waals surface area contributed by atoms with Gasteiger partial charge >= 0.3 is 0 Å². The molecule has 0 spiro atoms. The minimum Gasteiger partial charge on any atom is -0.481 e. The van der Waals surface area contributed by atoms with Gasteiger partial charge in [-0.25, -0.2) is 4.39 Å². The van der Waals surface area contributed by atoms with Crippen LogP contribution >= 0.6 is 11.6 Å². The summed E-state index contributed by atoms with van der Waals surface area (Å²) in [6, 6.07) is 9.26. The van der Waals surface area contributed by atoms with Crippen molar-refractivity contribution in [1.29, 1.82) is 0 Å². The summed E-state index contributed by atoms with van der Waals surface area (Å²) in [7, 11) is 0. The van der Waals surface area contributed by atoms with E-state index in [1.807, 2.05) is 0 Å². The predicted molar refractivity (Wildman–Crippen MR) is 83.2 cm³/mol. The molecule has 2 aromatic rings. The zero-order valence-electron chi connectivity index (χ0n) is 12.0. The zero-order chi connectivity index (χ0) is 17.0. The van der Waals surface area contributed by atoms with Gasteiger partial charge in [-0.1, -0.05) is 17.7 Å². The molecule has 1 N–H and O–H groups in total. The number of hydrogen-bond donors (Lipinski definition) is 1. The zero-order valence-corrected chi connectivity index (χ0v) is 12.7. The van der Waals surface area contributed by atoms with Crippen LogP contribution in [0.4, 0.5) is 15.8 Å². The topological polar surface area (TPSA) is 81.5 Å². The lowest BCUT2D eigenvalue weighted by molar-refractivity contribution is -0.384. The number of nitrogens with zero attached hydrogens (tertiary/aromatic N) is 1. The van der Waals surface area contributed by atoms with Crippen LogP contribution in [-0.4, -0.2) is 16.9 Å². The fourth-order valence-electron chi connectivity index (χ4n) is 1.75. The smallest absolute Gasteiger partial charge is 0.273 e. The van der Waals surface area contributed by atoms with Gasteiger partial charge in [0.05, 0.1) is 16.0 Å². The number of rotatable bonds is 5. The Hall–Kier alpha value is -2.67. The number of non-ortho nitro benzene ring substituents is 1. The Labute approximate surface area is 136 Å². The first-order valence-electron chi connectivity index (χ1n) is 6.54. The molecule has 23 heavy (non-hydrogen) atoms. The van der Waals surface area contributed by atoms with Crippen LogP contribution in [0.1, 0.15) is 6.92 Å². The van der Waals surface area contributed by atoms with Gasteiger partial charge in [0.1, 0.15) is 11.6 Å². The summed E-state index contributed by atoms with van der Waals surface area (Å²) in [5.74, 6) is -0.899. The molecule has 0 aromatic heterocycles. The second kappa shape index (κ2) is 7.06. The third-order valence-electron chi connectivity index (χ3n) is 2.90. The average Bonchev–Trinajstić information content (AvgIpc) is 2.51. The number of anilines is 1. The first-order chi connectivity index (χ1) is 10.9. The molecule has 0 saturated carbocycles. The molecule has 0 saturated heterocycles. The standard InChI is InChI=1S/C15H12ClFN2O4/c1-9(23-12-4-2-3-11(8-12)19(21)22)15(20)18-10-5-6-14(17)13(16)7-10/h2-9H,1H3,(H,18,20)/t9-/m1/s1. The minimum absolute atomic E-state index is 0.116. The molecule has 120 valence electrons. The Balaban J connectivity index is 2.03. The molecule has 2 rings (SSSR count). The molecule has 2 aromatic carbocycles. The number of benzene rings is 2. The summed E-state index contributed by atoms with van der Waals surface area (Å²) < 4.78 is 18.4. The number of carbonyl (C=O) groups excluding carboxylic acids is 1. The van der Waals surface area contributed by atoms with E-state index in [1.165, 1.54) is 43.3 Å². The van der Waals surface area contributed by atoms with Crippen LogP contribution in [0.3, 0.4) is 0 Å². The van der Waals surface area contributed by atoms with Gasteiger partial charge in [-0.05, 0) is 31.2 Å². The molecular formula is C15H12ClFN2O4. The number of hydrogen-bond acceptors (Lipinski definition) is 4. The first-order valence-corrected chi connectivity index (χ1v) is 6.91. The second-order valence-corrected chi connectivity index (χ2v) is 5.04. The first kappa shape index (κ1) is 16.7. The van der Waals surface area contributed by atoms with Crippen molar-refractivity contribution in [3.63, 3.8) is 0 Å². The molecule has 8 heteroatoms. The van der Waals surface area contributed by atoms with Crippen LogP contribution in [0.2, 0.25) is 5.02 Å². The van der Waals surface area contributed by atoms with Crippen molar-refractivity contribution in [2.45, 2.75) is 13.0 Å². The SMILES string of the molecule is C[C@@H](Oc1cccc([N+](=O)[O-])c1)C(=O)Nc1ccc(F)c(Cl)c1. The van der Waals surface area contributed by atoms with Crippen LogP contribution in [0.15, 0.2) is 42.5 Å². The monoisotopic (exact) mass is 338 g/mol. The van der Waals surface area contributed by atoms with Gasteiger partial charge < -0.3 is 10.1 Å². The lowest BCUT2D eigenvalue weighted by Gasteiger charge is -2.14. The van der Waals surface area contributed by atoms with Gasteiger partial charge in [0.15, 0.2) is 6.10 Å². The minimum atomic E-state index is -0.916. The number of amides is 1. The number of nitrogens with one attached hydrogen (secondary N) is 1. The molecule has 0 aliphatic carbocycles. The molecule has 0 bridgehead atoms. The van der Waals surface area contributed by atoms with Gasteiger partial charge in [-0.3, -0.25) is 14.9 Å².